The molecule has 0 saturated carbocycles. The number of benzene rings is 2. The molecule has 2 aromatic carbocycles. The van der Waals surface area contributed by atoms with Crippen molar-refractivity contribution >= 4 is 29.2 Å². The number of halogens is 1. The maximum absolute atomic E-state index is 13.0. The van der Waals surface area contributed by atoms with Crippen molar-refractivity contribution in [2.45, 2.75) is 13.0 Å². The average molecular weight is 428 g/mol. The lowest BCUT2D eigenvalue weighted by Gasteiger charge is -2.26. The van der Waals surface area contributed by atoms with Crippen molar-refractivity contribution in [3.8, 4) is 22.8 Å². The van der Waals surface area contributed by atoms with E-state index in [1.165, 1.54) is 6.07 Å². The molecule has 0 saturated heterocycles. The fraction of sp³-hybridized carbons (Fsp3) is 0.150. The molecule has 0 unspecified atom stereocenters. The number of guanidine groups is 1. The molecule has 9 nitrogen and oxygen atoms in total. The highest BCUT2D eigenvalue weighted by molar-refractivity contribution is 6.32. The zero-order valence-electron chi connectivity index (χ0n) is 15.7. The standard InChI is InChI=1S/C20H18ClN5O4/c21-14-7-12(16(27)8-17(14)28)18-13-9-26(6-5-15(13)25-30-18)19(29)10-1-3-11(4-2-10)24-20(22)23/h1-4,7-8,27-28H,5-6,9H2,(H4,22,23,24). The van der Waals surface area contributed by atoms with Gasteiger partial charge in [-0.1, -0.05) is 16.8 Å². The molecule has 2 heterocycles. The summed E-state index contributed by atoms with van der Waals surface area (Å²) in [6.45, 7) is 0.719. The zero-order valence-corrected chi connectivity index (χ0v) is 16.4. The number of nitrogens with zero attached hydrogens (tertiary/aromatic N) is 3. The third-order valence-corrected chi connectivity index (χ3v) is 5.11. The molecule has 4 rings (SSSR count). The topological polar surface area (TPSA) is 151 Å². The first-order valence-electron chi connectivity index (χ1n) is 9.01. The minimum absolute atomic E-state index is 0.0600. The van der Waals surface area contributed by atoms with Crippen molar-refractivity contribution in [2.75, 3.05) is 6.54 Å². The highest BCUT2D eigenvalue weighted by Crippen LogP contribution is 2.40. The van der Waals surface area contributed by atoms with Crippen LogP contribution in [-0.4, -0.2) is 38.7 Å². The van der Waals surface area contributed by atoms with Gasteiger partial charge in [0.25, 0.3) is 5.91 Å². The Morgan fingerprint density at radius 1 is 1.17 bits per heavy atom. The van der Waals surface area contributed by atoms with Crippen LogP contribution >= 0.6 is 11.6 Å². The number of fused-ring (bicyclic) bond motifs is 1. The molecule has 10 heteroatoms. The van der Waals surface area contributed by atoms with Crippen molar-refractivity contribution in [3.63, 3.8) is 0 Å². The number of rotatable bonds is 3. The van der Waals surface area contributed by atoms with E-state index < -0.39 is 0 Å². The fourth-order valence-electron chi connectivity index (χ4n) is 3.34. The predicted octanol–water partition coefficient (Wildman–Crippen LogP) is 2.51. The number of hydrogen-bond acceptors (Lipinski definition) is 6. The van der Waals surface area contributed by atoms with Gasteiger partial charge in [0, 0.05) is 30.2 Å². The summed E-state index contributed by atoms with van der Waals surface area (Å²) in [6, 6.07) is 9.15. The first-order valence-corrected chi connectivity index (χ1v) is 9.39. The molecule has 0 fully saturated rings. The summed E-state index contributed by atoms with van der Waals surface area (Å²) >= 11 is 5.98. The monoisotopic (exact) mass is 427 g/mol. The molecule has 0 aliphatic carbocycles. The number of aliphatic imine (C=N–C) groups is 1. The van der Waals surface area contributed by atoms with Crippen LogP contribution in [0.5, 0.6) is 11.5 Å². The minimum Gasteiger partial charge on any atom is -0.507 e. The van der Waals surface area contributed by atoms with Crippen LogP contribution in [0.15, 0.2) is 45.9 Å². The Morgan fingerprint density at radius 3 is 2.60 bits per heavy atom. The predicted molar refractivity (Wildman–Crippen MR) is 111 cm³/mol. The summed E-state index contributed by atoms with van der Waals surface area (Å²) in [7, 11) is 0. The van der Waals surface area contributed by atoms with Crippen LogP contribution in [0.4, 0.5) is 5.69 Å². The van der Waals surface area contributed by atoms with E-state index >= 15 is 0 Å². The van der Waals surface area contributed by atoms with Crippen LogP contribution in [0.3, 0.4) is 0 Å². The van der Waals surface area contributed by atoms with Crippen molar-refractivity contribution < 1.29 is 19.5 Å². The quantitative estimate of drug-likeness (QED) is 0.370. The maximum Gasteiger partial charge on any atom is 0.254 e. The molecule has 1 amide bonds. The molecule has 0 spiro atoms. The maximum atomic E-state index is 13.0. The summed E-state index contributed by atoms with van der Waals surface area (Å²) in [6.07, 6.45) is 0.503. The first-order chi connectivity index (χ1) is 14.3. The Balaban J connectivity index is 1.61. The molecule has 30 heavy (non-hydrogen) atoms. The smallest absolute Gasteiger partial charge is 0.254 e. The molecule has 1 aliphatic heterocycles. The lowest BCUT2D eigenvalue weighted by atomic mass is 10.00. The molecule has 1 aliphatic rings. The van der Waals surface area contributed by atoms with Gasteiger partial charge in [-0.15, -0.1) is 0 Å². The van der Waals surface area contributed by atoms with Crippen LogP contribution in [0.25, 0.3) is 11.3 Å². The lowest BCUT2D eigenvalue weighted by Crippen LogP contribution is -2.35. The van der Waals surface area contributed by atoms with Gasteiger partial charge in [-0.05, 0) is 30.3 Å². The first kappa shape index (κ1) is 19.6. The van der Waals surface area contributed by atoms with Crippen molar-refractivity contribution in [3.05, 3.63) is 58.2 Å². The average Bonchev–Trinajstić information content (AvgIpc) is 3.13. The molecule has 6 N–H and O–H groups in total. The second-order valence-electron chi connectivity index (χ2n) is 6.82. The normalized spacial score (nSPS) is 13.0. The van der Waals surface area contributed by atoms with Crippen LogP contribution in [0.1, 0.15) is 21.6 Å². The van der Waals surface area contributed by atoms with Crippen molar-refractivity contribution in [2.24, 2.45) is 16.5 Å². The Bertz CT molecular complexity index is 1150. The summed E-state index contributed by atoms with van der Waals surface area (Å²) in [5.74, 6) is -0.362. The lowest BCUT2D eigenvalue weighted by molar-refractivity contribution is 0.0734. The van der Waals surface area contributed by atoms with Gasteiger partial charge in [0.05, 0.1) is 28.5 Å². The number of aromatic nitrogens is 1. The highest BCUT2D eigenvalue weighted by atomic mass is 35.5. The number of carbonyl (C=O) groups excluding carboxylic acids is 1. The molecule has 0 radical (unpaired) electrons. The molecule has 0 bridgehead atoms. The van der Waals surface area contributed by atoms with E-state index in [0.717, 1.165) is 6.07 Å². The van der Waals surface area contributed by atoms with Crippen molar-refractivity contribution in [1.29, 1.82) is 0 Å². The SMILES string of the molecule is NC(N)=Nc1ccc(C(=O)N2CCc3noc(-c4cc(Cl)c(O)cc4O)c3C2)cc1. The Morgan fingerprint density at radius 2 is 1.90 bits per heavy atom. The summed E-state index contributed by atoms with van der Waals surface area (Å²) in [5, 5.41) is 24.0. The van der Waals surface area contributed by atoms with Crippen LogP contribution in [0.2, 0.25) is 5.02 Å². The van der Waals surface area contributed by atoms with E-state index in [-0.39, 0.29) is 34.9 Å². The summed E-state index contributed by atoms with van der Waals surface area (Å²) < 4.78 is 5.44. The molecule has 0 atom stereocenters. The fourth-order valence-corrected chi connectivity index (χ4v) is 3.50. The zero-order chi connectivity index (χ0) is 21.4. The molecule has 1 aromatic heterocycles. The third-order valence-electron chi connectivity index (χ3n) is 4.81. The van der Waals surface area contributed by atoms with E-state index in [4.69, 9.17) is 27.6 Å². The van der Waals surface area contributed by atoms with Crippen molar-refractivity contribution in [1.82, 2.24) is 10.1 Å². The van der Waals surface area contributed by atoms with Gasteiger partial charge in [-0.2, -0.15) is 0 Å². The van der Waals surface area contributed by atoms with Gasteiger partial charge in [0.1, 0.15) is 11.5 Å². The molecular weight excluding hydrogens is 410 g/mol. The molecule has 154 valence electrons. The number of phenolic OH excluding ortho intramolecular Hbond substituents is 2. The Hall–Kier alpha value is -3.72. The molecule has 3 aromatic rings. The minimum atomic E-state index is -0.243. The van der Waals surface area contributed by atoms with Gasteiger partial charge >= 0.3 is 0 Å². The van der Waals surface area contributed by atoms with Crippen LogP contribution < -0.4 is 11.5 Å². The van der Waals surface area contributed by atoms with Gasteiger partial charge in [-0.3, -0.25) is 4.79 Å². The number of phenols is 2. The summed E-state index contributed by atoms with van der Waals surface area (Å²) in [5.41, 5.74) is 13.4. The number of aromatic hydroxyl groups is 2. The Kier molecular flexibility index (Phi) is 4.96. The summed E-state index contributed by atoms with van der Waals surface area (Å²) in [4.78, 5) is 18.6. The third kappa shape index (κ3) is 3.62. The van der Waals surface area contributed by atoms with E-state index in [1.54, 1.807) is 29.2 Å². The van der Waals surface area contributed by atoms with Gasteiger partial charge in [-0.25, -0.2) is 4.99 Å². The second kappa shape index (κ2) is 7.60. The highest BCUT2D eigenvalue weighted by Gasteiger charge is 2.29. The van der Waals surface area contributed by atoms with Gasteiger partial charge in [0.15, 0.2) is 11.7 Å². The number of hydrogen-bond donors (Lipinski definition) is 4. The Labute approximate surface area is 176 Å². The van der Waals surface area contributed by atoms with Crippen LogP contribution in [-0.2, 0) is 13.0 Å². The van der Waals surface area contributed by atoms with Gasteiger partial charge in [0.2, 0.25) is 0 Å². The van der Waals surface area contributed by atoms with E-state index in [0.29, 0.717) is 46.8 Å². The van der Waals surface area contributed by atoms with E-state index in [2.05, 4.69) is 10.1 Å². The largest absolute Gasteiger partial charge is 0.507 e. The second-order valence-corrected chi connectivity index (χ2v) is 7.23. The van der Waals surface area contributed by atoms with Crippen LogP contribution in [0, 0.1) is 0 Å². The van der Waals surface area contributed by atoms with E-state index in [1.807, 2.05) is 0 Å². The number of carbonyl (C=O) groups is 1. The van der Waals surface area contributed by atoms with E-state index in [9.17, 15) is 15.0 Å². The number of nitrogens with two attached hydrogens (primary N) is 2. The number of amides is 1. The molecular formula is C20H18ClN5O4. The van der Waals surface area contributed by atoms with Gasteiger partial charge < -0.3 is 31.1 Å².